The van der Waals surface area contributed by atoms with E-state index in [0.717, 1.165) is 16.6 Å². The summed E-state index contributed by atoms with van der Waals surface area (Å²) in [5.74, 6) is -0.160. The number of allylic oxidation sites excluding steroid dienone is 1. The van der Waals surface area contributed by atoms with Crippen molar-refractivity contribution in [2.24, 2.45) is 0 Å². The molecule has 4 heteroatoms. The summed E-state index contributed by atoms with van der Waals surface area (Å²) in [4.78, 5) is 15.6. The lowest BCUT2D eigenvalue weighted by Gasteiger charge is -2.08. The second kappa shape index (κ2) is 5.46. The predicted molar refractivity (Wildman–Crippen MR) is 86.8 cm³/mol. The van der Waals surface area contributed by atoms with Crippen LogP contribution in [-0.2, 0) is 0 Å². The number of halogens is 1. The smallest absolute Gasteiger partial charge is 0.210 e. The molecule has 0 aliphatic rings. The number of benzene rings is 2. The fraction of sp³-hybridized carbons (Fsp3) is 0. The van der Waals surface area contributed by atoms with Gasteiger partial charge in [0.2, 0.25) is 5.78 Å². The van der Waals surface area contributed by atoms with Crippen LogP contribution >= 0.6 is 11.6 Å². The van der Waals surface area contributed by atoms with Crippen molar-refractivity contribution in [2.75, 3.05) is 5.32 Å². The number of fused-ring (bicyclic) bond motifs is 1. The van der Waals surface area contributed by atoms with Crippen LogP contribution in [0, 0.1) is 0 Å². The second-order valence-electron chi connectivity index (χ2n) is 4.69. The molecule has 2 N–H and O–H groups in total. The SMILES string of the molecule is C=C(Nc1ccccc1)C(=O)c1c[nH]c2ccc(Cl)cc12. The van der Waals surface area contributed by atoms with Crippen LogP contribution in [-0.4, -0.2) is 10.8 Å². The molecule has 0 aliphatic heterocycles. The molecule has 21 heavy (non-hydrogen) atoms. The number of hydrogen-bond donors (Lipinski definition) is 2. The van der Waals surface area contributed by atoms with E-state index in [1.165, 1.54) is 0 Å². The Hall–Kier alpha value is -2.52. The molecule has 0 spiro atoms. The standard InChI is InChI=1S/C17H13ClN2O/c1-11(20-13-5-3-2-4-6-13)17(21)15-10-19-16-8-7-12(18)9-14(15)16/h2-10,19-20H,1H2. The largest absolute Gasteiger partial charge is 0.360 e. The lowest BCUT2D eigenvalue weighted by atomic mass is 10.1. The van der Waals surface area contributed by atoms with Crippen LogP contribution in [0.25, 0.3) is 10.9 Å². The minimum Gasteiger partial charge on any atom is -0.360 e. The van der Waals surface area contributed by atoms with Crippen molar-refractivity contribution >= 4 is 34.0 Å². The summed E-state index contributed by atoms with van der Waals surface area (Å²) in [5, 5.41) is 4.41. The van der Waals surface area contributed by atoms with Crippen LogP contribution in [0.2, 0.25) is 5.02 Å². The van der Waals surface area contributed by atoms with E-state index >= 15 is 0 Å². The van der Waals surface area contributed by atoms with Crippen molar-refractivity contribution in [3.63, 3.8) is 0 Å². The number of carbonyl (C=O) groups excluding carboxylic acids is 1. The molecule has 3 nitrogen and oxygen atoms in total. The molecule has 0 aliphatic carbocycles. The van der Waals surface area contributed by atoms with E-state index in [-0.39, 0.29) is 5.78 Å². The minimum absolute atomic E-state index is 0.160. The Kier molecular flexibility index (Phi) is 3.50. The van der Waals surface area contributed by atoms with Gasteiger partial charge in [0.1, 0.15) is 0 Å². The van der Waals surface area contributed by atoms with Crippen molar-refractivity contribution in [2.45, 2.75) is 0 Å². The molecule has 104 valence electrons. The van der Waals surface area contributed by atoms with Gasteiger partial charge in [0.25, 0.3) is 0 Å². The van der Waals surface area contributed by atoms with Gasteiger partial charge in [-0.15, -0.1) is 0 Å². The van der Waals surface area contributed by atoms with Gasteiger partial charge in [-0.25, -0.2) is 0 Å². The van der Waals surface area contributed by atoms with Gasteiger partial charge >= 0.3 is 0 Å². The number of hydrogen-bond acceptors (Lipinski definition) is 2. The molecule has 0 fully saturated rings. The second-order valence-corrected chi connectivity index (χ2v) is 5.13. The summed E-state index contributed by atoms with van der Waals surface area (Å²) in [6.45, 7) is 3.83. The molecule has 0 unspecified atom stereocenters. The molecule has 0 amide bonds. The van der Waals surface area contributed by atoms with Crippen molar-refractivity contribution in [1.29, 1.82) is 0 Å². The summed E-state index contributed by atoms with van der Waals surface area (Å²) in [5.41, 5.74) is 2.58. The molecule has 1 aromatic heterocycles. The molecular formula is C17H13ClN2O. The summed E-state index contributed by atoms with van der Waals surface area (Å²) in [6, 6.07) is 14.9. The van der Waals surface area contributed by atoms with Gasteiger partial charge in [-0.1, -0.05) is 36.4 Å². The molecule has 0 saturated carbocycles. The molecule has 0 bridgehead atoms. The molecule has 3 rings (SSSR count). The average Bonchev–Trinajstić information content (AvgIpc) is 2.90. The average molecular weight is 297 g/mol. The van der Waals surface area contributed by atoms with Gasteiger partial charge in [-0.3, -0.25) is 4.79 Å². The Morgan fingerprint density at radius 3 is 2.67 bits per heavy atom. The lowest BCUT2D eigenvalue weighted by molar-refractivity contribution is 0.103. The minimum atomic E-state index is -0.160. The van der Waals surface area contributed by atoms with Crippen molar-refractivity contribution < 1.29 is 4.79 Å². The summed E-state index contributed by atoms with van der Waals surface area (Å²) in [7, 11) is 0. The van der Waals surface area contributed by atoms with Gasteiger partial charge < -0.3 is 10.3 Å². The Morgan fingerprint density at radius 2 is 1.90 bits per heavy atom. The van der Waals surface area contributed by atoms with Gasteiger partial charge in [-0.05, 0) is 30.3 Å². The molecule has 1 heterocycles. The zero-order chi connectivity index (χ0) is 14.8. The van der Waals surface area contributed by atoms with Crippen LogP contribution in [0.4, 0.5) is 5.69 Å². The fourth-order valence-corrected chi connectivity index (χ4v) is 2.37. The van der Waals surface area contributed by atoms with Crippen molar-refractivity contribution in [1.82, 2.24) is 4.98 Å². The third-order valence-corrected chi connectivity index (χ3v) is 3.47. The van der Waals surface area contributed by atoms with E-state index in [2.05, 4.69) is 16.9 Å². The van der Waals surface area contributed by atoms with Gasteiger partial charge in [0, 0.05) is 33.4 Å². The highest BCUT2D eigenvalue weighted by Gasteiger charge is 2.15. The number of anilines is 1. The zero-order valence-electron chi connectivity index (χ0n) is 11.2. The first kappa shape index (κ1) is 13.5. The number of aromatic nitrogens is 1. The summed E-state index contributed by atoms with van der Waals surface area (Å²) < 4.78 is 0. The fourth-order valence-electron chi connectivity index (χ4n) is 2.20. The maximum atomic E-state index is 12.5. The zero-order valence-corrected chi connectivity index (χ0v) is 11.9. The number of nitrogens with one attached hydrogen (secondary N) is 2. The van der Waals surface area contributed by atoms with E-state index in [1.54, 1.807) is 18.3 Å². The number of carbonyl (C=O) groups is 1. The maximum Gasteiger partial charge on any atom is 0.210 e. The number of H-pyrrole nitrogens is 1. The number of rotatable bonds is 4. The number of aromatic amines is 1. The third kappa shape index (κ3) is 2.69. The summed E-state index contributed by atoms with van der Waals surface area (Å²) >= 11 is 6.00. The molecular weight excluding hydrogens is 284 g/mol. The topological polar surface area (TPSA) is 44.9 Å². The molecule has 0 radical (unpaired) electrons. The van der Waals surface area contributed by atoms with E-state index in [1.807, 2.05) is 36.4 Å². The first-order valence-electron chi connectivity index (χ1n) is 6.47. The number of para-hydroxylation sites is 1. The third-order valence-electron chi connectivity index (χ3n) is 3.23. The van der Waals surface area contributed by atoms with Gasteiger partial charge in [-0.2, -0.15) is 0 Å². The van der Waals surface area contributed by atoms with Crippen LogP contribution in [0.3, 0.4) is 0 Å². The first-order valence-corrected chi connectivity index (χ1v) is 6.85. The lowest BCUT2D eigenvalue weighted by Crippen LogP contribution is -2.10. The van der Waals surface area contributed by atoms with Crippen molar-refractivity contribution in [3.05, 3.63) is 77.6 Å². The quantitative estimate of drug-likeness (QED) is 0.544. The number of Topliss-reactive ketones (excluding diaryl/α,β-unsaturated/α-hetero) is 1. The molecule has 2 aromatic carbocycles. The normalized spacial score (nSPS) is 10.5. The Morgan fingerprint density at radius 1 is 1.14 bits per heavy atom. The van der Waals surface area contributed by atoms with E-state index in [9.17, 15) is 4.79 Å². The molecule has 3 aromatic rings. The summed E-state index contributed by atoms with van der Waals surface area (Å²) in [6.07, 6.45) is 1.68. The Balaban J connectivity index is 1.90. The molecule has 0 atom stereocenters. The van der Waals surface area contributed by atoms with Crippen molar-refractivity contribution in [3.8, 4) is 0 Å². The Labute approximate surface area is 127 Å². The molecule has 0 saturated heterocycles. The van der Waals surface area contributed by atoms with E-state index in [0.29, 0.717) is 16.3 Å². The Bertz CT molecular complexity index is 821. The van der Waals surface area contributed by atoms with E-state index < -0.39 is 0 Å². The number of ketones is 1. The van der Waals surface area contributed by atoms with Gasteiger partial charge in [0.15, 0.2) is 0 Å². The highest BCUT2D eigenvalue weighted by Crippen LogP contribution is 2.24. The highest BCUT2D eigenvalue weighted by atomic mass is 35.5. The maximum absolute atomic E-state index is 12.5. The highest BCUT2D eigenvalue weighted by molar-refractivity contribution is 6.31. The van der Waals surface area contributed by atoms with Crippen LogP contribution < -0.4 is 5.32 Å². The predicted octanol–water partition coefficient (Wildman–Crippen LogP) is 4.63. The monoisotopic (exact) mass is 296 g/mol. The van der Waals surface area contributed by atoms with Crippen LogP contribution in [0.5, 0.6) is 0 Å². The first-order chi connectivity index (χ1) is 10.1. The van der Waals surface area contributed by atoms with E-state index in [4.69, 9.17) is 11.6 Å². The van der Waals surface area contributed by atoms with Crippen LogP contribution in [0.15, 0.2) is 67.0 Å². The van der Waals surface area contributed by atoms with Crippen LogP contribution in [0.1, 0.15) is 10.4 Å². The van der Waals surface area contributed by atoms with Gasteiger partial charge in [0.05, 0.1) is 5.70 Å².